The lowest BCUT2D eigenvalue weighted by atomic mass is 9.66. The molecule has 1 spiro atoms. The molecule has 3 saturated heterocycles. The maximum absolute atomic E-state index is 14.7. The number of unbranched alkanes of at least 4 members (excludes halogenated alkanes) is 2. The summed E-state index contributed by atoms with van der Waals surface area (Å²) in [6.07, 6.45) is 6.05. The van der Waals surface area contributed by atoms with Crippen LogP contribution in [-0.4, -0.2) is 70.1 Å². The molecule has 40 heavy (non-hydrogen) atoms. The van der Waals surface area contributed by atoms with Crippen LogP contribution in [0.3, 0.4) is 0 Å². The first-order chi connectivity index (χ1) is 19.4. The standard InChI is InChI=1S/C32H38N2O5S/c1-4-15-33(24-14-13-22-11-7-8-12-23(22)20-24)30(37)28-32-21(3)19-25(40-32)26(31(38)39-18-5-2)27(32)29(36)34(28)16-9-6-10-17-35/h4-5,7-8,11-14,20-21,25-28,35H,1-2,6,9-10,15-19H2,3H3/t21?,25-,26+,27-,28?,32?/m0/s1. The van der Waals surface area contributed by atoms with Crippen molar-refractivity contribution in [2.24, 2.45) is 17.8 Å². The van der Waals surface area contributed by atoms with Crippen molar-refractivity contribution >= 4 is 46.0 Å². The van der Waals surface area contributed by atoms with E-state index in [0.29, 0.717) is 25.9 Å². The number of carbonyl (C=O) groups excluding carboxylic acids is 3. The molecule has 212 valence electrons. The Labute approximate surface area is 240 Å². The number of thioether (sulfide) groups is 1. The van der Waals surface area contributed by atoms with Gasteiger partial charge in [0.05, 0.1) is 16.6 Å². The number of esters is 1. The second-order valence-corrected chi connectivity index (χ2v) is 12.6. The second kappa shape index (κ2) is 11.8. The first-order valence-corrected chi connectivity index (χ1v) is 15.0. The van der Waals surface area contributed by atoms with Crippen LogP contribution < -0.4 is 4.90 Å². The van der Waals surface area contributed by atoms with E-state index < -0.39 is 22.6 Å². The van der Waals surface area contributed by atoms with Gasteiger partial charge in [0.1, 0.15) is 12.6 Å². The van der Waals surface area contributed by atoms with Crippen molar-refractivity contribution in [3.05, 3.63) is 67.8 Å². The summed E-state index contributed by atoms with van der Waals surface area (Å²) in [6, 6.07) is 13.3. The average molecular weight is 563 g/mol. The van der Waals surface area contributed by atoms with Crippen LogP contribution >= 0.6 is 11.8 Å². The summed E-state index contributed by atoms with van der Waals surface area (Å²) in [6.45, 7) is 10.6. The van der Waals surface area contributed by atoms with Gasteiger partial charge in [-0.25, -0.2) is 0 Å². The third-order valence-electron chi connectivity index (χ3n) is 8.77. The van der Waals surface area contributed by atoms with E-state index in [2.05, 4.69) is 20.1 Å². The van der Waals surface area contributed by atoms with E-state index in [0.717, 1.165) is 29.3 Å². The van der Waals surface area contributed by atoms with Gasteiger partial charge in [-0.2, -0.15) is 0 Å². The van der Waals surface area contributed by atoms with Crippen molar-refractivity contribution in [1.82, 2.24) is 4.90 Å². The van der Waals surface area contributed by atoms with Crippen molar-refractivity contribution in [1.29, 1.82) is 0 Å². The van der Waals surface area contributed by atoms with E-state index in [1.807, 2.05) is 42.5 Å². The Balaban J connectivity index is 1.56. The lowest BCUT2D eigenvalue weighted by Crippen LogP contribution is -2.57. The highest BCUT2D eigenvalue weighted by atomic mass is 32.2. The van der Waals surface area contributed by atoms with E-state index in [4.69, 9.17) is 4.74 Å². The summed E-state index contributed by atoms with van der Waals surface area (Å²) < 4.78 is 4.76. The zero-order chi connectivity index (χ0) is 28.4. The lowest BCUT2D eigenvalue weighted by Gasteiger charge is -2.40. The molecule has 0 aromatic heterocycles. The second-order valence-electron chi connectivity index (χ2n) is 11.1. The fourth-order valence-electron chi connectivity index (χ4n) is 7.06. The highest BCUT2D eigenvalue weighted by Crippen LogP contribution is 2.68. The van der Waals surface area contributed by atoms with Gasteiger partial charge >= 0.3 is 5.97 Å². The summed E-state index contributed by atoms with van der Waals surface area (Å²) in [4.78, 5) is 45.7. The molecule has 2 aromatic rings. The van der Waals surface area contributed by atoms with Crippen LogP contribution in [-0.2, 0) is 19.1 Å². The molecule has 6 atom stereocenters. The van der Waals surface area contributed by atoms with E-state index >= 15 is 0 Å². The smallest absolute Gasteiger partial charge is 0.311 e. The number of amides is 2. The predicted octanol–water partition coefficient (Wildman–Crippen LogP) is 4.59. The van der Waals surface area contributed by atoms with Crippen molar-refractivity contribution in [3.63, 3.8) is 0 Å². The number of benzene rings is 2. The zero-order valence-electron chi connectivity index (χ0n) is 23.0. The summed E-state index contributed by atoms with van der Waals surface area (Å²) in [5.41, 5.74) is 0.753. The number of nitrogens with zero attached hydrogens (tertiary/aromatic N) is 2. The van der Waals surface area contributed by atoms with Gasteiger partial charge in [-0.3, -0.25) is 14.4 Å². The number of carbonyl (C=O) groups is 3. The summed E-state index contributed by atoms with van der Waals surface area (Å²) in [7, 11) is 0. The van der Waals surface area contributed by atoms with Gasteiger partial charge in [0.2, 0.25) is 5.91 Å². The van der Waals surface area contributed by atoms with Gasteiger partial charge in [0.15, 0.2) is 0 Å². The molecule has 0 radical (unpaired) electrons. The number of hydrogen-bond donors (Lipinski definition) is 1. The molecule has 3 aliphatic rings. The fourth-order valence-corrected chi connectivity index (χ4v) is 9.46. The third-order valence-corrected chi connectivity index (χ3v) is 10.9. The van der Waals surface area contributed by atoms with Gasteiger partial charge in [-0.1, -0.05) is 56.0 Å². The Morgan fingerprint density at radius 2 is 1.93 bits per heavy atom. The van der Waals surface area contributed by atoms with E-state index in [9.17, 15) is 19.5 Å². The SMILES string of the molecule is C=CCOC(=O)[C@@H]1[C@@H]2CC(C)C3(S2)C(C(=O)N(CC=C)c2ccc4ccccc4c2)N(CCCCCO)C(=O)[C@H]13. The molecule has 0 saturated carbocycles. The molecule has 3 heterocycles. The molecule has 7 nitrogen and oxygen atoms in total. The Kier molecular flexibility index (Phi) is 8.38. The lowest BCUT2D eigenvalue weighted by molar-refractivity contribution is -0.153. The Morgan fingerprint density at radius 3 is 2.65 bits per heavy atom. The molecular formula is C32H38N2O5S. The zero-order valence-corrected chi connectivity index (χ0v) is 23.9. The number of hydrogen-bond acceptors (Lipinski definition) is 6. The number of likely N-dealkylation sites (tertiary alicyclic amines) is 1. The third kappa shape index (κ3) is 4.65. The summed E-state index contributed by atoms with van der Waals surface area (Å²) >= 11 is 1.65. The molecular weight excluding hydrogens is 524 g/mol. The van der Waals surface area contributed by atoms with Crippen LogP contribution in [0, 0.1) is 17.8 Å². The Hall–Kier alpha value is -3.10. The van der Waals surface area contributed by atoms with E-state index in [1.54, 1.807) is 27.6 Å². The number of ether oxygens (including phenoxy) is 1. The minimum atomic E-state index is -0.718. The van der Waals surface area contributed by atoms with Crippen LogP contribution in [0.5, 0.6) is 0 Å². The molecule has 5 rings (SSSR count). The maximum Gasteiger partial charge on any atom is 0.311 e. The van der Waals surface area contributed by atoms with Crippen molar-refractivity contribution in [3.8, 4) is 0 Å². The maximum atomic E-state index is 14.7. The molecule has 8 heteroatoms. The van der Waals surface area contributed by atoms with E-state index in [1.165, 1.54) is 6.08 Å². The normalized spacial score (nSPS) is 28.5. The quantitative estimate of drug-likeness (QED) is 0.231. The summed E-state index contributed by atoms with van der Waals surface area (Å²) in [5.74, 6) is -1.79. The molecule has 0 aliphatic carbocycles. The largest absolute Gasteiger partial charge is 0.461 e. The number of anilines is 1. The molecule has 2 bridgehead atoms. The molecule has 2 amide bonds. The van der Waals surface area contributed by atoms with Crippen LogP contribution in [0.15, 0.2) is 67.8 Å². The van der Waals surface area contributed by atoms with Gasteiger partial charge in [-0.05, 0) is 54.5 Å². The number of fused-ring (bicyclic) bond motifs is 2. The average Bonchev–Trinajstić information content (AvgIpc) is 3.55. The van der Waals surface area contributed by atoms with Crippen LogP contribution in [0.4, 0.5) is 5.69 Å². The van der Waals surface area contributed by atoms with Gasteiger partial charge < -0.3 is 19.6 Å². The fraction of sp³-hybridized carbons (Fsp3) is 0.469. The molecule has 3 fully saturated rings. The first kappa shape index (κ1) is 28.4. The molecule has 1 N–H and O–H groups in total. The van der Waals surface area contributed by atoms with Crippen molar-refractivity contribution in [2.45, 2.75) is 48.6 Å². The van der Waals surface area contributed by atoms with Gasteiger partial charge in [-0.15, -0.1) is 18.3 Å². The van der Waals surface area contributed by atoms with Crippen LogP contribution in [0.1, 0.15) is 32.6 Å². The van der Waals surface area contributed by atoms with Gasteiger partial charge in [0.25, 0.3) is 5.91 Å². The highest BCUT2D eigenvalue weighted by molar-refractivity contribution is 8.02. The minimum Gasteiger partial charge on any atom is -0.461 e. The first-order valence-electron chi connectivity index (χ1n) is 14.2. The minimum absolute atomic E-state index is 0.0679. The topological polar surface area (TPSA) is 87.2 Å². The highest BCUT2D eigenvalue weighted by Gasteiger charge is 2.76. The Morgan fingerprint density at radius 1 is 1.15 bits per heavy atom. The molecule has 2 aromatic carbocycles. The van der Waals surface area contributed by atoms with Gasteiger partial charge in [0, 0.05) is 30.6 Å². The monoisotopic (exact) mass is 562 g/mol. The van der Waals surface area contributed by atoms with Crippen molar-refractivity contribution in [2.75, 3.05) is 31.2 Å². The molecule has 3 aliphatic heterocycles. The number of rotatable bonds is 12. The van der Waals surface area contributed by atoms with Crippen LogP contribution in [0.25, 0.3) is 10.8 Å². The Bertz CT molecular complexity index is 1310. The van der Waals surface area contributed by atoms with Crippen molar-refractivity contribution < 1.29 is 24.2 Å². The van der Waals surface area contributed by atoms with Crippen LogP contribution in [0.2, 0.25) is 0 Å². The predicted molar refractivity (Wildman–Crippen MR) is 159 cm³/mol. The number of aliphatic hydroxyl groups is 1. The summed E-state index contributed by atoms with van der Waals surface area (Å²) in [5, 5.41) is 11.3. The number of aliphatic hydroxyl groups excluding tert-OH is 1. The molecule has 3 unspecified atom stereocenters. The van der Waals surface area contributed by atoms with E-state index in [-0.39, 0.29) is 42.2 Å².